The normalized spacial score (nSPS) is 21.3. The summed E-state index contributed by atoms with van der Waals surface area (Å²) < 4.78 is 29.5. The molecule has 0 bridgehead atoms. The maximum atomic E-state index is 13.6. The van der Waals surface area contributed by atoms with Gasteiger partial charge < -0.3 is 21.9 Å². The molecule has 4 rings (SSSR count). The molecule has 0 saturated carbocycles. The van der Waals surface area contributed by atoms with Gasteiger partial charge in [0.1, 0.15) is 11.9 Å². The molecule has 0 aliphatic carbocycles. The first kappa shape index (κ1) is 30.3. The number of carbonyl (C=O) groups excluding carboxylic acids is 1. The van der Waals surface area contributed by atoms with E-state index < -0.39 is 45.8 Å². The van der Waals surface area contributed by atoms with Crippen LogP contribution in [-0.2, 0) is 26.0 Å². The molecule has 41 heavy (non-hydrogen) atoms. The molecule has 0 spiro atoms. The number of carboxylic acid groups (broad SMARTS) is 1. The number of hydrogen-bond acceptors (Lipinski definition) is 6. The number of aliphatic carboxylic acids is 1. The number of aliphatic imine (C=N–C) groups is 1. The zero-order valence-corrected chi connectivity index (χ0v) is 23.8. The molecule has 218 valence electrons. The van der Waals surface area contributed by atoms with Crippen LogP contribution in [0.3, 0.4) is 0 Å². The Labute approximate surface area is 240 Å². The van der Waals surface area contributed by atoms with Crippen molar-refractivity contribution in [2.75, 3.05) is 13.1 Å². The standard InChI is InChI=1S/C30H37N5O5S/c1-19-14-16-33-27(24(13-15-31)30(37)38)26(19)28(32)34-29(36)25(17-20-7-3-2-4-8-20)35-41(39,40)23-12-11-21-9-5-6-10-22(21)18-23/h2-12,18-19,24-27,33,35H,13-17,31H2,1H3,(H,37,38)(H2,32,34,36)/t19?,24?,25-,26?,27?/m0/s1. The van der Waals surface area contributed by atoms with E-state index in [0.29, 0.717) is 13.0 Å². The third-order valence-corrected chi connectivity index (χ3v) is 9.17. The van der Waals surface area contributed by atoms with Gasteiger partial charge in [0.05, 0.1) is 10.8 Å². The Morgan fingerprint density at radius 1 is 1.07 bits per heavy atom. The largest absolute Gasteiger partial charge is 0.481 e. The third kappa shape index (κ3) is 7.36. The minimum Gasteiger partial charge on any atom is -0.481 e. The zero-order valence-electron chi connectivity index (χ0n) is 22.9. The number of rotatable bonds is 11. The highest BCUT2D eigenvalue weighted by molar-refractivity contribution is 7.89. The molecule has 11 heteroatoms. The highest BCUT2D eigenvalue weighted by Crippen LogP contribution is 2.30. The second-order valence-electron chi connectivity index (χ2n) is 10.5. The predicted molar refractivity (Wildman–Crippen MR) is 159 cm³/mol. The van der Waals surface area contributed by atoms with Crippen molar-refractivity contribution in [3.8, 4) is 0 Å². The molecule has 4 unspecified atom stereocenters. The maximum Gasteiger partial charge on any atom is 0.308 e. The van der Waals surface area contributed by atoms with Gasteiger partial charge in [-0.1, -0.05) is 67.6 Å². The summed E-state index contributed by atoms with van der Waals surface area (Å²) in [5.74, 6) is -3.20. The molecule has 0 radical (unpaired) electrons. The molecule has 1 amide bonds. The predicted octanol–water partition coefficient (Wildman–Crippen LogP) is 2.28. The first-order valence-electron chi connectivity index (χ1n) is 13.7. The fourth-order valence-electron chi connectivity index (χ4n) is 5.54. The highest BCUT2D eigenvalue weighted by Gasteiger charge is 2.41. The topological polar surface area (TPSA) is 177 Å². The van der Waals surface area contributed by atoms with E-state index in [1.807, 2.05) is 37.3 Å². The lowest BCUT2D eigenvalue weighted by atomic mass is 9.75. The van der Waals surface area contributed by atoms with E-state index in [4.69, 9.17) is 11.5 Å². The van der Waals surface area contributed by atoms with Crippen molar-refractivity contribution < 1.29 is 23.1 Å². The van der Waals surface area contributed by atoms with Crippen molar-refractivity contribution in [2.45, 2.75) is 43.2 Å². The fraction of sp³-hybridized carbons (Fsp3) is 0.367. The molecule has 1 aliphatic heterocycles. The van der Waals surface area contributed by atoms with Crippen LogP contribution in [0.4, 0.5) is 0 Å². The van der Waals surface area contributed by atoms with Crippen molar-refractivity contribution in [2.24, 2.45) is 34.2 Å². The van der Waals surface area contributed by atoms with Gasteiger partial charge in [0.15, 0.2) is 0 Å². The van der Waals surface area contributed by atoms with Gasteiger partial charge >= 0.3 is 5.97 Å². The molecule has 1 aliphatic rings. The number of carboxylic acids is 1. The van der Waals surface area contributed by atoms with E-state index in [0.717, 1.165) is 16.3 Å². The second kappa shape index (κ2) is 13.3. The maximum absolute atomic E-state index is 13.6. The summed E-state index contributed by atoms with van der Waals surface area (Å²) in [6, 6.07) is 19.4. The Bertz CT molecular complexity index is 1510. The lowest BCUT2D eigenvalue weighted by Gasteiger charge is -2.40. The van der Waals surface area contributed by atoms with E-state index in [1.165, 1.54) is 6.07 Å². The first-order chi connectivity index (χ1) is 19.6. The quantitative estimate of drug-likeness (QED) is 0.170. The van der Waals surface area contributed by atoms with Crippen LogP contribution in [0.5, 0.6) is 0 Å². The number of nitrogens with zero attached hydrogens (tertiary/aromatic N) is 1. The van der Waals surface area contributed by atoms with E-state index in [9.17, 15) is 23.1 Å². The summed E-state index contributed by atoms with van der Waals surface area (Å²) in [5, 5.41) is 14.7. The molecule has 1 heterocycles. The molecule has 10 nitrogen and oxygen atoms in total. The number of nitrogens with one attached hydrogen (secondary N) is 2. The smallest absolute Gasteiger partial charge is 0.308 e. The lowest BCUT2D eigenvalue weighted by molar-refractivity contribution is -0.143. The van der Waals surface area contributed by atoms with Crippen molar-refractivity contribution in [3.63, 3.8) is 0 Å². The van der Waals surface area contributed by atoms with Crippen LogP contribution in [-0.4, -0.2) is 56.4 Å². The molecule has 7 N–H and O–H groups in total. The van der Waals surface area contributed by atoms with Gasteiger partial charge in [-0.3, -0.25) is 9.59 Å². The average molecular weight is 580 g/mol. The fourth-order valence-corrected chi connectivity index (χ4v) is 6.77. The van der Waals surface area contributed by atoms with Gasteiger partial charge in [-0.2, -0.15) is 9.71 Å². The van der Waals surface area contributed by atoms with Crippen LogP contribution in [0.2, 0.25) is 0 Å². The third-order valence-electron chi connectivity index (χ3n) is 7.70. The second-order valence-corrected chi connectivity index (χ2v) is 12.3. The Kier molecular flexibility index (Phi) is 9.87. The van der Waals surface area contributed by atoms with Gasteiger partial charge in [0.2, 0.25) is 10.0 Å². The Morgan fingerprint density at radius 2 is 1.76 bits per heavy atom. The minimum atomic E-state index is -4.12. The summed E-state index contributed by atoms with van der Waals surface area (Å²) in [6.45, 7) is 2.72. The monoisotopic (exact) mass is 579 g/mol. The van der Waals surface area contributed by atoms with Crippen LogP contribution in [0.15, 0.2) is 82.7 Å². The molecular weight excluding hydrogens is 542 g/mol. The zero-order chi connectivity index (χ0) is 29.6. The van der Waals surface area contributed by atoms with Gasteiger partial charge in [0.25, 0.3) is 5.91 Å². The van der Waals surface area contributed by atoms with Crippen LogP contribution >= 0.6 is 0 Å². The van der Waals surface area contributed by atoms with Crippen molar-refractivity contribution >= 4 is 38.5 Å². The number of sulfonamides is 1. The number of piperidine rings is 1. The van der Waals surface area contributed by atoms with Gasteiger partial charge in [-0.05, 0) is 66.7 Å². The SMILES string of the molecule is CC1CCNC(C(CCN)C(=O)O)C1C(N)=NC(=O)[C@H](Cc1ccccc1)NS(=O)(=O)c1ccc2ccccc2c1. The van der Waals surface area contributed by atoms with Crippen molar-refractivity contribution in [3.05, 3.63) is 78.4 Å². The van der Waals surface area contributed by atoms with E-state index in [2.05, 4.69) is 15.0 Å². The summed E-state index contributed by atoms with van der Waals surface area (Å²) in [6.07, 6.45) is 0.998. The summed E-state index contributed by atoms with van der Waals surface area (Å²) in [4.78, 5) is 29.9. The van der Waals surface area contributed by atoms with Crippen LogP contribution in [0, 0.1) is 17.8 Å². The highest BCUT2D eigenvalue weighted by atomic mass is 32.2. The van der Waals surface area contributed by atoms with Crippen LogP contribution < -0.4 is 21.5 Å². The number of amides is 1. The summed E-state index contributed by atoms with van der Waals surface area (Å²) in [7, 11) is -4.12. The molecule has 3 aromatic rings. The number of benzene rings is 3. The number of amidine groups is 1. The Morgan fingerprint density at radius 3 is 2.44 bits per heavy atom. The minimum absolute atomic E-state index is 0.0223. The van der Waals surface area contributed by atoms with Gasteiger partial charge in [-0.15, -0.1) is 0 Å². The van der Waals surface area contributed by atoms with Crippen molar-refractivity contribution in [1.82, 2.24) is 10.0 Å². The summed E-state index contributed by atoms with van der Waals surface area (Å²) >= 11 is 0. The number of hydrogen-bond donors (Lipinski definition) is 5. The molecule has 5 atom stereocenters. The molecule has 1 fully saturated rings. The first-order valence-corrected chi connectivity index (χ1v) is 15.2. The van der Waals surface area contributed by atoms with E-state index >= 15 is 0 Å². The van der Waals surface area contributed by atoms with Gasteiger partial charge in [-0.25, -0.2) is 8.42 Å². The molecule has 1 saturated heterocycles. The average Bonchev–Trinajstić information content (AvgIpc) is 2.95. The van der Waals surface area contributed by atoms with E-state index in [1.54, 1.807) is 36.4 Å². The Balaban J connectivity index is 1.66. The summed E-state index contributed by atoms with van der Waals surface area (Å²) in [5.41, 5.74) is 12.8. The van der Waals surface area contributed by atoms with Crippen LogP contribution in [0.25, 0.3) is 10.8 Å². The van der Waals surface area contributed by atoms with Crippen LogP contribution in [0.1, 0.15) is 25.3 Å². The number of carbonyl (C=O) groups is 2. The van der Waals surface area contributed by atoms with Gasteiger partial charge in [0, 0.05) is 12.0 Å². The Hall–Kier alpha value is -3.64. The van der Waals surface area contributed by atoms with E-state index in [-0.39, 0.29) is 36.0 Å². The lowest BCUT2D eigenvalue weighted by Crippen LogP contribution is -2.56. The van der Waals surface area contributed by atoms with Crippen molar-refractivity contribution in [1.29, 1.82) is 0 Å². The number of nitrogens with two attached hydrogens (primary N) is 2. The number of fused-ring (bicyclic) bond motifs is 1. The molecule has 3 aromatic carbocycles. The molecule has 0 aromatic heterocycles. The molecular formula is C30H37N5O5S.